The van der Waals surface area contributed by atoms with Gasteiger partial charge in [-0.1, -0.05) is 6.07 Å². The Bertz CT molecular complexity index is 1020. The molecule has 3 aromatic rings. The number of ether oxygens (including phenoxy) is 1. The number of nitrogens with two attached hydrogens (primary N) is 1. The number of aliphatic hydroxyl groups excluding tert-OH is 1. The molecule has 1 aromatic carbocycles. The predicted molar refractivity (Wildman–Crippen MR) is 107 cm³/mol. The Morgan fingerprint density at radius 2 is 2.21 bits per heavy atom. The predicted octanol–water partition coefficient (Wildman–Crippen LogP) is 0.0647. The highest BCUT2D eigenvalue weighted by Crippen LogP contribution is 2.28. The monoisotopic (exact) mass is 397 g/mol. The fourth-order valence-electron chi connectivity index (χ4n) is 3.49. The van der Waals surface area contributed by atoms with Gasteiger partial charge in [0.1, 0.15) is 24.2 Å². The minimum Gasteiger partial charge on any atom is -0.492 e. The molecule has 10 heteroatoms. The molecule has 10 nitrogen and oxygen atoms in total. The Morgan fingerprint density at radius 1 is 1.34 bits per heavy atom. The number of aliphatic hydroxyl groups is 1. The molecular formula is C19H23N7O3. The highest BCUT2D eigenvalue weighted by atomic mass is 16.5. The smallest absolute Gasteiger partial charge is 0.254 e. The van der Waals surface area contributed by atoms with Crippen LogP contribution >= 0.6 is 0 Å². The molecule has 0 bridgehead atoms. The average molecular weight is 397 g/mol. The van der Waals surface area contributed by atoms with Gasteiger partial charge in [-0.2, -0.15) is 0 Å². The third-order valence-electron chi connectivity index (χ3n) is 4.99. The zero-order valence-electron chi connectivity index (χ0n) is 16.0. The van der Waals surface area contributed by atoms with Gasteiger partial charge in [-0.05, 0) is 25.2 Å². The number of rotatable bonds is 6. The summed E-state index contributed by atoms with van der Waals surface area (Å²) in [5.41, 5.74) is 7.38. The van der Waals surface area contributed by atoms with Crippen molar-refractivity contribution in [2.45, 2.75) is 12.1 Å². The minimum atomic E-state index is -0.748. The first-order valence-corrected chi connectivity index (χ1v) is 9.36. The maximum Gasteiger partial charge on any atom is 0.254 e. The summed E-state index contributed by atoms with van der Waals surface area (Å²) in [5, 5.41) is 13.6. The van der Waals surface area contributed by atoms with Crippen molar-refractivity contribution >= 4 is 22.9 Å². The lowest BCUT2D eigenvalue weighted by molar-refractivity contribution is 0.0764. The number of nitrogens with one attached hydrogen (secondary N) is 1. The van der Waals surface area contributed by atoms with E-state index in [-0.39, 0.29) is 24.3 Å². The van der Waals surface area contributed by atoms with E-state index in [1.807, 2.05) is 13.1 Å². The zero-order chi connectivity index (χ0) is 20.4. The largest absolute Gasteiger partial charge is 0.492 e. The van der Waals surface area contributed by atoms with Crippen molar-refractivity contribution in [3.63, 3.8) is 0 Å². The van der Waals surface area contributed by atoms with E-state index in [4.69, 9.17) is 10.5 Å². The molecule has 0 unspecified atom stereocenters. The first kappa shape index (κ1) is 19.1. The summed E-state index contributed by atoms with van der Waals surface area (Å²) in [6.45, 7) is 1.78. The van der Waals surface area contributed by atoms with Crippen molar-refractivity contribution in [3.8, 4) is 5.75 Å². The first-order valence-electron chi connectivity index (χ1n) is 9.36. The number of benzene rings is 1. The molecule has 1 aliphatic heterocycles. The van der Waals surface area contributed by atoms with Gasteiger partial charge < -0.3 is 30.4 Å². The molecule has 4 N–H and O–H groups in total. The van der Waals surface area contributed by atoms with E-state index in [1.54, 1.807) is 34.0 Å². The molecule has 4 rings (SSSR count). The fourth-order valence-corrected chi connectivity index (χ4v) is 3.49. The van der Waals surface area contributed by atoms with Crippen LogP contribution < -0.4 is 15.8 Å². The molecule has 3 heterocycles. The topological polar surface area (TPSA) is 131 Å². The lowest BCUT2D eigenvalue weighted by Gasteiger charge is -2.17. The van der Waals surface area contributed by atoms with Crippen molar-refractivity contribution in [3.05, 3.63) is 42.5 Å². The zero-order valence-corrected chi connectivity index (χ0v) is 16.0. The number of amides is 1. The molecule has 1 fully saturated rings. The van der Waals surface area contributed by atoms with E-state index in [9.17, 15) is 9.90 Å². The van der Waals surface area contributed by atoms with Crippen LogP contribution in [0.2, 0.25) is 0 Å². The van der Waals surface area contributed by atoms with E-state index in [1.165, 1.54) is 6.33 Å². The Kier molecular flexibility index (Phi) is 5.28. The van der Waals surface area contributed by atoms with E-state index in [2.05, 4.69) is 20.3 Å². The van der Waals surface area contributed by atoms with Gasteiger partial charge in [0.15, 0.2) is 11.5 Å². The number of nitrogens with zero attached hydrogens (tertiary/aromatic N) is 5. The standard InChI is InChI=1S/C19H23N7O3/c1-21-5-6-29-13-4-2-3-12(7-13)19(28)25-8-14(15(27)9-25)26-11-24-16-17(20)22-10-23-18(16)26/h2-4,7,10-11,14-15,21,27H,5-6,8-9H2,1H3,(H2,20,22,23)/t14-,15-/m0/s1. The van der Waals surface area contributed by atoms with Gasteiger partial charge in [0.2, 0.25) is 0 Å². The number of anilines is 1. The van der Waals surface area contributed by atoms with Gasteiger partial charge in [-0.25, -0.2) is 15.0 Å². The Balaban J connectivity index is 1.51. The van der Waals surface area contributed by atoms with Gasteiger partial charge in [-0.3, -0.25) is 4.79 Å². The molecule has 2 aromatic heterocycles. The van der Waals surface area contributed by atoms with Gasteiger partial charge >= 0.3 is 0 Å². The number of imidazole rings is 1. The molecule has 0 radical (unpaired) electrons. The van der Waals surface area contributed by atoms with Crippen LogP contribution in [0, 0.1) is 0 Å². The minimum absolute atomic E-state index is 0.163. The lowest BCUT2D eigenvalue weighted by atomic mass is 10.2. The normalized spacial score (nSPS) is 19.0. The number of fused-ring (bicyclic) bond motifs is 1. The number of nitrogen functional groups attached to an aromatic ring is 1. The van der Waals surface area contributed by atoms with Gasteiger partial charge in [-0.15, -0.1) is 0 Å². The van der Waals surface area contributed by atoms with Gasteiger partial charge in [0, 0.05) is 25.2 Å². The number of likely N-dealkylation sites (tertiary alicyclic amines) is 1. The number of aromatic nitrogens is 4. The number of carbonyl (C=O) groups excluding carboxylic acids is 1. The van der Waals surface area contributed by atoms with Crippen molar-refractivity contribution in [2.75, 3.05) is 39.0 Å². The van der Waals surface area contributed by atoms with Crippen LogP contribution in [0.4, 0.5) is 5.82 Å². The van der Waals surface area contributed by atoms with E-state index >= 15 is 0 Å². The van der Waals surface area contributed by atoms with Crippen LogP contribution in [0.1, 0.15) is 16.4 Å². The van der Waals surface area contributed by atoms with Crippen LogP contribution in [0.3, 0.4) is 0 Å². The maximum absolute atomic E-state index is 13.0. The van der Waals surface area contributed by atoms with Crippen molar-refractivity contribution in [2.24, 2.45) is 0 Å². The van der Waals surface area contributed by atoms with Crippen molar-refractivity contribution < 1.29 is 14.6 Å². The van der Waals surface area contributed by atoms with Crippen molar-refractivity contribution in [1.82, 2.24) is 29.7 Å². The second-order valence-corrected chi connectivity index (χ2v) is 6.91. The molecule has 1 saturated heterocycles. The second-order valence-electron chi connectivity index (χ2n) is 6.91. The third kappa shape index (κ3) is 3.71. The highest BCUT2D eigenvalue weighted by molar-refractivity contribution is 5.95. The van der Waals surface area contributed by atoms with Crippen LogP contribution in [0.15, 0.2) is 36.9 Å². The number of likely N-dealkylation sites (N-methyl/N-ethyl adjacent to an activating group) is 1. The molecule has 2 atom stereocenters. The Morgan fingerprint density at radius 3 is 3.03 bits per heavy atom. The summed E-state index contributed by atoms with van der Waals surface area (Å²) in [5.74, 6) is 0.753. The summed E-state index contributed by atoms with van der Waals surface area (Å²) in [7, 11) is 1.85. The molecule has 0 aliphatic carbocycles. The van der Waals surface area contributed by atoms with E-state index in [0.717, 1.165) is 0 Å². The number of hydrogen-bond acceptors (Lipinski definition) is 8. The maximum atomic E-state index is 13.0. The summed E-state index contributed by atoms with van der Waals surface area (Å²) >= 11 is 0. The fraction of sp³-hybridized carbons (Fsp3) is 0.368. The summed E-state index contributed by atoms with van der Waals surface area (Å²) < 4.78 is 7.39. The van der Waals surface area contributed by atoms with Crippen LogP contribution in [-0.4, -0.2) is 74.8 Å². The van der Waals surface area contributed by atoms with E-state index in [0.29, 0.717) is 42.2 Å². The first-order chi connectivity index (χ1) is 14.1. The molecule has 1 amide bonds. The summed E-state index contributed by atoms with van der Waals surface area (Å²) in [6, 6.07) is 6.70. The number of β-amino-alcohol motifs (C(OH)–C–C–N with tert-alkyl or cyclic N) is 1. The highest BCUT2D eigenvalue weighted by Gasteiger charge is 2.36. The quantitative estimate of drug-likeness (QED) is 0.498. The van der Waals surface area contributed by atoms with Crippen LogP contribution in [0.25, 0.3) is 11.2 Å². The lowest BCUT2D eigenvalue weighted by Crippen LogP contribution is -2.29. The van der Waals surface area contributed by atoms with Crippen molar-refractivity contribution in [1.29, 1.82) is 0 Å². The third-order valence-corrected chi connectivity index (χ3v) is 4.99. The Hall–Kier alpha value is -3.24. The summed E-state index contributed by atoms with van der Waals surface area (Å²) in [4.78, 5) is 27.0. The van der Waals surface area contributed by atoms with Crippen LogP contribution in [0.5, 0.6) is 5.75 Å². The SMILES string of the molecule is CNCCOc1cccc(C(=O)N2C[C@H](O)[C@@H](n3cnc4c(N)ncnc43)C2)c1. The Labute approximate surface area is 167 Å². The summed E-state index contributed by atoms with van der Waals surface area (Å²) in [6.07, 6.45) is 2.19. The molecule has 0 spiro atoms. The molecule has 29 heavy (non-hydrogen) atoms. The molecule has 1 aliphatic rings. The van der Waals surface area contributed by atoms with Crippen LogP contribution in [-0.2, 0) is 0 Å². The number of carbonyl (C=O) groups is 1. The molecule has 0 saturated carbocycles. The molecule has 152 valence electrons. The van der Waals surface area contributed by atoms with Gasteiger partial charge in [0.05, 0.1) is 18.5 Å². The molecular weight excluding hydrogens is 374 g/mol. The second kappa shape index (κ2) is 8.02. The average Bonchev–Trinajstić information content (AvgIpc) is 3.32. The van der Waals surface area contributed by atoms with Gasteiger partial charge in [0.25, 0.3) is 5.91 Å². The van der Waals surface area contributed by atoms with E-state index < -0.39 is 6.10 Å². The number of hydrogen-bond donors (Lipinski definition) is 3.